The highest BCUT2D eigenvalue weighted by molar-refractivity contribution is 7.99. The number of nitrogens with one attached hydrogen (secondary N) is 1. The largest absolute Gasteiger partial charge is 0.483 e. The fourth-order valence-electron chi connectivity index (χ4n) is 3.25. The minimum Gasteiger partial charge on any atom is -0.483 e. The summed E-state index contributed by atoms with van der Waals surface area (Å²) in [4.78, 5) is 28.5. The number of benzene rings is 2. The van der Waals surface area contributed by atoms with Crippen LogP contribution in [-0.4, -0.2) is 44.0 Å². The molecule has 2 heterocycles. The molecular weight excluding hydrogens is 498 g/mol. The normalized spacial score (nSPS) is 11.6. The van der Waals surface area contributed by atoms with E-state index in [1.165, 1.54) is 11.8 Å². The lowest BCUT2D eigenvalue weighted by atomic mass is 10.2. The van der Waals surface area contributed by atoms with Gasteiger partial charge < -0.3 is 14.8 Å². The Kier molecular flexibility index (Phi) is 8.34. The Morgan fingerprint density at radius 2 is 1.86 bits per heavy atom. The van der Waals surface area contributed by atoms with Crippen LogP contribution in [0.2, 0.25) is 0 Å². The van der Waals surface area contributed by atoms with E-state index in [-0.39, 0.29) is 30.1 Å². The van der Waals surface area contributed by atoms with Crippen molar-refractivity contribution in [1.82, 2.24) is 19.7 Å². The predicted molar refractivity (Wildman–Crippen MR) is 139 cm³/mol. The fraction of sp³-hybridized carbons (Fsp3) is 0.240. The summed E-state index contributed by atoms with van der Waals surface area (Å²) < 4.78 is 12.9. The third-order valence-electron chi connectivity index (χ3n) is 4.94. The number of aromatic nitrogens is 4. The van der Waals surface area contributed by atoms with E-state index in [4.69, 9.17) is 9.47 Å². The summed E-state index contributed by atoms with van der Waals surface area (Å²) in [5.41, 5.74) is 2.17. The van der Waals surface area contributed by atoms with Crippen molar-refractivity contribution in [3.05, 3.63) is 77.1 Å². The molecule has 0 aliphatic carbocycles. The highest BCUT2D eigenvalue weighted by atomic mass is 32.2. The Morgan fingerprint density at radius 1 is 1.11 bits per heavy atom. The van der Waals surface area contributed by atoms with Crippen LogP contribution in [0.15, 0.2) is 65.1 Å². The highest BCUT2D eigenvalue weighted by Gasteiger charge is 2.22. The average molecular weight is 524 g/mol. The number of esters is 1. The van der Waals surface area contributed by atoms with Crippen molar-refractivity contribution >= 4 is 40.1 Å². The lowest BCUT2D eigenvalue weighted by Crippen LogP contribution is -2.15. The number of carbonyl (C=O) groups is 2. The zero-order chi connectivity index (χ0) is 25.5. The van der Waals surface area contributed by atoms with E-state index in [1.54, 1.807) is 12.3 Å². The molecule has 0 aliphatic heterocycles. The number of hydrogen-bond donors (Lipinski definition) is 1. The second kappa shape index (κ2) is 11.8. The van der Waals surface area contributed by atoms with Crippen molar-refractivity contribution in [2.75, 3.05) is 17.7 Å². The molecule has 0 aliphatic rings. The Labute approximate surface area is 216 Å². The second-order valence-corrected chi connectivity index (χ2v) is 9.48. The number of thioether (sulfide) groups is 1. The fourth-order valence-corrected chi connectivity index (χ4v) is 4.70. The van der Waals surface area contributed by atoms with Crippen LogP contribution in [-0.2, 0) is 9.53 Å². The molecule has 0 saturated heterocycles. The van der Waals surface area contributed by atoms with E-state index in [0.717, 1.165) is 28.3 Å². The SMILES string of the molecule is CCOC(=O)c1csc(NC(=O)CSc2nnc(C(C)Oc3ccc(C)cc3)n2-c2ccccc2)n1. The molecular formula is C25H25N5O4S2. The van der Waals surface area contributed by atoms with Crippen molar-refractivity contribution in [3.63, 3.8) is 0 Å². The molecule has 4 aromatic rings. The number of anilines is 1. The van der Waals surface area contributed by atoms with Gasteiger partial charge in [-0.2, -0.15) is 0 Å². The molecule has 9 nitrogen and oxygen atoms in total. The first-order valence-corrected chi connectivity index (χ1v) is 13.1. The van der Waals surface area contributed by atoms with E-state index in [9.17, 15) is 9.59 Å². The van der Waals surface area contributed by atoms with Crippen molar-refractivity contribution < 1.29 is 19.1 Å². The molecule has 4 rings (SSSR count). The van der Waals surface area contributed by atoms with Gasteiger partial charge in [-0.25, -0.2) is 9.78 Å². The maximum absolute atomic E-state index is 12.6. The molecule has 1 N–H and O–H groups in total. The van der Waals surface area contributed by atoms with E-state index < -0.39 is 5.97 Å². The molecule has 0 fully saturated rings. The standard InChI is InChI=1S/C25H25N5O4S2/c1-4-33-23(32)20-14-35-24(26-20)27-21(31)15-36-25-29-28-22(30(25)18-8-6-5-7-9-18)17(3)34-19-12-10-16(2)11-13-19/h5-14,17H,4,15H2,1-3H3,(H,26,27,31). The Bertz CT molecular complexity index is 1320. The van der Waals surface area contributed by atoms with Gasteiger partial charge in [-0.05, 0) is 45.0 Å². The lowest BCUT2D eigenvalue weighted by molar-refractivity contribution is -0.113. The van der Waals surface area contributed by atoms with Gasteiger partial charge in [0.05, 0.1) is 12.4 Å². The number of aryl methyl sites for hydroxylation is 1. The van der Waals surface area contributed by atoms with E-state index in [2.05, 4.69) is 20.5 Å². The molecule has 2 aromatic heterocycles. The summed E-state index contributed by atoms with van der Waals surface area (Å²) in [5, 5.41) is 13.9. The smallest absolute Gasteiger partial charge is 0.357 e. The number of ether oxygens (including phenoxy) is 2. The number of thiazole rings is 1. The van der Waals surface area contributed by atoms with Gasteiger partial charge in [-0.15, -0.1) is 21.5 Å². The van der Waals surface area contributed by atoms with Gasteiger partial charge in [-0.3, -0.25) is 9.36 Å². The number of para-hydroxylation sites is 1. The topological polar surface area (TPSA) is 108 Å². The van der Waals surface area contributed by atoms with E-state index in [1.807, 2.05) is 73.0 Å². The van der Waals surface area contributed by atoms with Crippen molar-refractivity contribution in [2.24, 2.45) is 0 Å². The van der Waals surface area contributed by atoms with Gasteiger partial charge >= 0.3 is 5.97 Å². The molecule has 2 aromatic carbocycles. The highest BCUT2D eigenvalue weighted by Crippen LogP contribution is 2.28. The lowest BCUT2D eigenvalue weighted by Gasteiger charge is -2.16. The number of hydrogen-bond acceptors (Lipinski definition) is 9. The third kappa shape index (κ3) is 6.29. The minimum atomic E-state index is -0.519. The van der Waals surface area contributed by atoms with Crippen LogP contribution >= 0.6 is 23.1 Å². The van der Waals surface area contributed by atoms with Crippen molar-refractivity contribution in [2.45, 2.75) is 32.0 Å². The van der Waals surface area contributed by atoms with E-state index >= 15 is 0 Å². The second-order valence-electron chi connectivity index (χ2n) is 7.68. The first-order chi connectivity index (χ1) is 17.4. The Hall–Kier alpha value is -3.70. The van der Waals surface area contributed by atoms with Gasteiger partial charge in [-0.1, -0.05) is 47.7 Å². The van der Waals surface area contributed by atoms with Crippen LogP contribution in [0.25, 0.3) is 5.69 Å². The molecule has 36 heavy (non-hydrogen) atoms. The molecule has 1 amide bonds. The van der Waals surface area contributed by atoms with Crippen LogP contribution in [0, 0.1) is 6.92 Å². The molecule has 0 spiro atoms. The van der Waals surface area contributed by atoms with Gasteiger partial charge in [0.15, 0.2) is 27.9 Å². The number of nitrogens with zero attached hydrogens (tertiary/aromatic N) is 4. The summed E-state index contributed by atoms with van der Waals surface area (Å²) in [5.74, 6) is 0.623. The number of carbonyl (C=O) groups excluding carboxylic acids is 2. The monoisotopic (exact) mass is 523 g/mol. The summed E-state index contributed by atoms with van der Waals surface area (Å²) in [7, 11) is 0. The molecule has 0 radical (unpaired) electrons. The van der Waals surface area contributed by atoms with Crippen LogP contribution in [0.4, 0.5) is 5.13 Å². The maximum Gasteiger partial charge on any atom is 0.357 e. The number of amides is 1. The maximum atomic E-state index is 12.6. The molecule has 0 bridgehead atoms. The first-order valence-electron chi connectivity index (χ1n) is 11.2. The number of rotatable bonds is 10. The van der Waals surface area contributed by atoms with Crippen molar-refractivity contribution in [1.29, 1.82) is 0 Å². The molecule has 1 atom stereocenters. The Balaban J connectivity index is 1.48. The minimum absolute atomic E-state index is 0.0759. The van der Waals surface area contributed by atoms with Gasteiger partial charge in [0.1, 0.15) is 5.75 Å². The van der Waals surface area contributed by atoms with Gasteiger partial charge in [0.25, 0.3) is 0 Å². The molecule has 11 heteroatoms. The third-order valence-corrected chi connectivity index (χ3v) is 6.62. The predicted octanol–water partition coefficient (Wildman–Crippen LogP) is 5.08. The first kappa shape index (κ1) is 25.4. The summed E-state index contributed by atoms with van der Waals surface area (Å²) in [6, 6.07) is 17.5. The Morgan fingerprint density at radius 3 is 2.58 bits per heavy atom. The summed E-state index contributed by atoms with van der Waals surface area (Å²) in [6.07, 6.45) is -0.389. The van der Waals surface area contributed by atoms with E-state index in [0.29, 0.717) is 16.1 Å². The quantitative estimate of drug-likeness (QED) is 0.226. The molecule has 186 valence electrons. The zero-order valence-corrected chi connectivity index (χ0v) is 21.6. The van der Waals surface area contributed by atoms with Crippen LogP contribution in [0.3, 0.4) is 0 Å². The molecule has 0 saturated carbocycles. The summed E-state index contributed by atoms with van der Waals surface area (Å²) >= 11 is 2.40. The van der Waals surface area contributed by atoms with Crippen LogP contribution in [0.5, 0.6) is 5.75 Å². The van der Waals surface area contributed by atoms with Crippen LogP contribution in [0.1, 0.15) is 41.8 Å². The van der Waals surface area contributed by atoms with Crippen LogP contribution < -0.4 is 10.1 Å². The summed E-state index contributed by atoms with van der Waals surface area (Å²) in [6.45, 7) is 5.91. The zero-order valence-electron chi connectivity index (χ0n) is 20.0. The van der Waals surface area contributed by atoms with Gasteiger partial charge in [0.2, 0.25) is 5.91 Å². The molecule has 1 unspecified atom stereocenters. The average Bonchev–Trinajstić information content (AvgIpc) is 3.52. The van der Waals surface area contributed by atoms with Gasteiger partial charge in [0, 0.05) is 11.1 Å². The van der Waals surface area contributed by atoms with Crippen molar-refractivity contribution in [3.8, 4) is 11.4 Å².